The van der Waals surface area contributed by atoms with Crippen LogP contribution in [0.2, 0.25) is 0 Å². The summed E-state index contributed by atoms with van der Waals surface area (Å²) in [6, 6.07) is 11.2. The molecule has 2 heterocycles. The van der Waals surface area contributed by atoms with Gasteiger partial charge in [0.25, 0.3) is 5.56 Å². The van der Waals surface area contributed by atoms with Crippen LogP contribution in [-0.2, 0) is 4.79 Å². The number of hydrogen-bond donors (Lipinski definition) is 1. The zero-order valence-corrected chi connectivity index (χ0v) is 14.8. The highest BCUT2D eigenvalue weighted by molar-refractivity contribution is 7.99. The van der Waals surface area contributed by atoms with Crippen LogP contribution in [0.4, 0.5) is 0 Å². The Morgan fingerprint density at radius 2 is 2.08 bits per heavy atom. The molecule has 5 nitrogen and oxygen atoms in total. The van der Waals surface area contributed by atoms with E-state index in [0.717, 1.165) is 12.1 Å². The first kappa shape index (κ1) is 16.7. The van der Waals surface area contributed by atoms with Crippen LogP contribution in [0.3, 0.4) is 0 Å². The lowest BCUT2D eigenvalue weighted by atomic mass is 10.3. The quantitative estimate of drug-likeness (QED) is 0.543. The normalized spacial score (nSPS) is 10.9. The van der Waals surface area contributed by atoms with Gasteiger partial charge in [-0.3, -0.25) is 14.2 Å². The number of hydrogen-bond acceptors (Lipinski definition) is 5. The lowest BCUT2D eigenvalue weighted by Crippen LogP contribution is -2.26. The fraction of sp³-hybridized carbons (Fsp3) is 0.235. The van der Waals surface area contributed by atoms with Crippen LogP contribution in [0.15, 0.2) is 51.7 Å². The maximum absolute atomic E-state index is 12.8. The molecule has 1 aromatic carbocycles. The summed E-state index contributed by atoms with van der Waals surface area (Å²) < 4.78 is 2.20. The monoisotopic (exact) mass is 359 g/mol. The third-order valence-electron chi connectivity index (χ3n) is 3.37. The second-order valence-electron chi connectivity index (χ2n) is 5.14. The van der Waals surface area contributed by atoms with Gasteiger partial charge in [0.15, 0.2) is 5.16 Å². The number of nitrogens with zero attached hydrogens (tertiary/aromatic N) is 2. The highest BCUT2D eigenvalue weighted by atomic mass is 32.2. The Bertz CT molecular complexity index is 903. The number of carbonyl (C=O) groups excluding carboxylic acids is 1. The van der Waals surface area contributed by atoms with Gasteiger partial charge in [0.2, 0.25) is 5.91 Å². The van der Waals surface area contributed by atoms with Gasteiger partial charge in [-0.05, 0) is 30.0 Å². The van der Waals surface area contributed by atoms with E-state index < -0.39 is 0 Å². The molecule has 0 fully saturated rings. The average molecular weight is 359 g/mol. The Hall–Kier alpha value is -2.12. The van der Waals surface area contributed by atoms with E-state index in [0.29, 0.717) is 21.9 Å². The molecule has 124 valence electrons. The Kier molecular flexibility index (Phi) is 5.32. The van der Waals surface area contributed by atoms with Crippen LogP contribution < -0.4 is 10.9 Å². The van der Waals surface area contributed by atoms with Crippen molar-refractivity contribution in [3.8, 4) is 5.69 Å². The van der Waals surface area contributed by atoms with Crippen molar-refractivity contribution in [1.29, 1.82) is 0 Å². The Balaban J connectivity index is 1.99. The van der Waals surface area contributed by atoms with Crippen molar-refractivity contribution in [2.24, 2.45) is 0 Å². The smallest absolute Gasteiger partial charge is 0.276 e. The molecule has 0 saturated heterocycles. The van der Waals surface area contributed by atoms with Crippen molar-refractivity contribution in [2.45, 2.75) is 18.5 Å². The Labute approximate surface area is 147 Å². The first-order valence-corrected chi connectivity index (χ1v) is 9.52. The molecular weight excluding hydrogens is 342 g/mol. The lowest BCUT2D eigenvalue weighted by Gasteiger charge is -2.11. The van der Waals surface area contributed by atoms with Crippen LogP contribution >= 0.6 is 23.1 Å². The summed E-state index contributed by atoms with van der Waals surface area (Å²) in [4.78, 5) is 29.3. The summed E-state index contributed by atoms with van der Waals surface area (Å²) in [5.41, 5.74) is 1.33. The molecule has 0 radical (unpaired) electrons. The molecule has 2 aromatic heterocycles. The number of fused-ring (bicyclic) bond motifs is 1. The minimum atomic E-state index is -0.0994. The molecule has 0 aliphatic rings. The van der Waals surface area contributed by atoms with Gasteiger partial charge in [-0.1, -0.05) is 36.9 Å². The van der Waals surface area contributed by atoms with Crippen molar-refractivity contribution < 1.29 is 4.79 Å². The molecular formula is C17H17N3O2S2. The fourth-order valence-electron chi connectivity index (χ4n) is 2.24. The molecule has 0 bridgehead atoms. The summed E-state index contributed by atoms with van der Waals surface area (Å²) in [6.45, 7) is 2.66. The van der Waals surface area contributed by atoms with Gasteiger partial charge < -0.3 is 5.32 Å². The second kappa shape index (κ2) is 7.63. The number of rotatable bonds is 6. The van der Waals surface area contributed by atoms with E-state index in [2.05, 4.69) is 10.3 Å². The number of nitrogens with one attached hydrogen (secondary N) is 1. The molecule has 0 aliphatic heterocycles. The zero-order chi connectivity index (χ0) is 16.9. The second-order valence-corrected chi connectivity index (χ2v) is 7.00. The third kappa shape index (κ3) is 3.52. The Morgan fingerprint density at radius 3 is 2.83 bits per heavy atom. The molecule has 0 saturated carbocycles. The highest BCUT2D eigenvalue weighted by Gasteiger charge is 2.15. The molecule has 0 spiro atoms. The summed E-state index contributed by atoms with van der Waals surface area (Å²) in [5, 5.41) is 5.22. The predicted octanol–water partition coefficient (Wildman–Crippen LogP) is 3.07. The number of thioether (sulfide) groups is 1. The van der Waals surface area contributed by atoms with Crippen molar-refractivity contribution in [1.82, 2.24) is 14.9 Å². The van der Waals surface area contributed by atoms with Crippen LogP contribution in [0.5, 0.6) is 0 Å². The maximum Gasteiger partial charge on any atom is 0.276 e. The van der Waals surface area contributed by atoms with E-state index in [4.69, 9.17) is 0 Å². The van der Waals surface area contributed by atoms with Crippen molar-refractivity contribution in [3.05, 3.63) is 52.1 Å². The molecule has 3 aromatic rings. The van der Waals surface area contributed by atoms with Gasteiger partial charge >= 0.3 is 0 Å². The van der Waals surface area contributed by atoms with E-state index in [1.165, 1.54) is 23.1 Å². The molecule has 0 unspecified atom stereocenters. The summed E-state index contributed by atoms with van der Waals surface area (Å²) in [6.07, 6.45) is 0.893. The van der Waals surface area contributed by atoms with E-state index in [9.17, 15) is 9.59 Å². The minimum Gasteiger partial charge on any atom is -0.355 e. The SMILES string of the molecule is CCCNC(=O)CSc1nc2ccsc2c(=O)n1-c1ccccc1. The fourth-order valence-corrected chi connectivity index (χ4v) is 3.84. The molecule has 1 amide bonds. The number of thiophene rings is 1. The molecule has 24 heavy (non-hydrogen) atoms. The van der Waals surface area contributed by atoms with E-state index in [-0.39, 0.29) is 17.2 Å². The zero-order valence-electron chi connectivity index (χ0n) is 13.2. The summed E-state index contributed by atoms with van der Waals surface area (Å²) in [5.74, 6) is 0.177. The van der Waals surface area contributed by atoms with E-state index >= 15 is 0 Å². The van der Waals surface area contributed by atoms with Gasteiger partial charge in [-0.15, -0.1) is 11.3 Å². The molecule has 0 aliphatic carbocycles. The number of benzene rings is 1. The van der Waals surface area contributed by atoms with Crippen LogP contribution in [0, 0.1) is 0 Å². The van der Waals surface area contributed by atoms with Gasteiger partial charge in [0.1, 0.15) is 4.70 Å². The van der Waals surface area contributed by atoms with E-state index in [1.54, 1.807) is 4.57 Å². The average Bonchev–Trinajstić information content (AvgIpc) is 3.08. The largest absolute Gasteiger partial charge is 0.355 e. The first-order valence-electron chi connectivity index (χ1n) is 7.66. The van der Waals surface area contributed by atoms with Crippen LogP contribution in [0.1, 0.15) is 13.3 Å². The summed E-state index contributed by atoms with van der Waals surface area (Å²) >= 11 is 2.66. The minimum absolute atomic E-state index is 0.0545. The molecule has 3 rings (SSSR count). The van der Waals surface area contributed by atoms with Crippen LogP contribution in [0.25, 0.3) is 15.9 Å². The first-order chi connectivity index (χ1) is 11.7. The summed E-state index contributed by atoms with van der Waals surface area (Å²) in [7, 11) is 0. The lowest BCUT2D eigenvalue weighted by molar-refractivity contribution is -0.118. The van der Waals surface area contributed by atoms with E-state index in [1.807, 2.05) is 48.7 Å². The predicted molar refractivity (Wildman–Crippen MR) is 99.2 cm³/mol. The van der Waals surface area contributed by atoms with Crippen LogP contribution in [-0.4, -0.2) is 27.8 Å². The number of carbonyl (C=O) groups is 1. The van der Waals surface area contributed by atoms with Gasteiger partial charge in [-0.2, -0.15) is 0 Å². The van der Waals surface area contributed by atoms with Gasteiger partial charge in [0, 0.05) is 6.54 Å². The van der Waals surface area contributed by atoms with Gasteiger partial charge in [-0.25, -0.2) is 4.98 Å². The number of amides is 1. The molecule has 0 atom stereocenters. The Morgan fingerprint density at radius 1 is 1.29 bits per heavy atom. The maximum atomic E-state index is 12.8. The topological polar surface area (TPSA) is 64.0 Å². The number of para-hydroxylation sites is 1. The number of aromatic nitrogens is 2. The third-order valence-corrected chi connectivity index (χ3v) is 5.20. The van der Waals surface area contributed by atoms with Gasteiger partial charge in [0.05, 0.1) is 17.0 Å². The van der Waals surface area contributed by atoms with Crippen molar-refractivity contribution in [2.75, 3.05) is 12.3 Å². The molecule has 7 heteroatoms. The highest BCUT2D eigenvalue weighted by Crippen LogP contribution is 2.23. The molecule has 1 N–H and O–H groups in total. The standard InChI is InChI=1S/C17H17N3O2S2/c1-2-9-18-14(21)11-24-17-19-13-8-10-23-15(13)16(22)20(17)12-6-4-3-5-7-12/h3-8,10H,2,9,11H2,1H3,(H,18,21). The van der Waals surface area contributed by atoms with Crippen molar-refractivity contribution in [3.63, 3.8) is 0 Å². The van der Waals surface area contributed by atoms with Crippen molar-refractivity contribution >= 4 is 39.2 Å².